The highest BCUT2D eigenvalue weighted by atomic mass is 32.2. The van der Waals surface area contributed by atoms with Crippen LogP contribution in [0.2, 0.25) is 0 Å². The van der Waals surface area contributed by atoms with Crippen LogP contribution in [0.15, 0.2) is 67.1 Å². The van der Waals surface area contributed by atoms with Gasteiger partial charge in [0.15, 0.2) is 0 Å². The molecular formula is C16H12N2S2. The van der Waals surface area contributed by atoms with Gasteiger partial charge >= 0.3 is 0 Å². The lowest BCUT2D eigenvalue weighted by Crippen LogP contribution is -2.22. The maximum absolute atomic E-state index is 4.66. The summed E-state index contributed by atoms with van der Waals surface area (Å²) in [6.45, 7) is 0. The van der Waals surface area contributed by atoms with Crippen molar-refractivity contribution in [3.63, 3.8) is 0 Å². The predicted molar refractivity (Wildman–Crippen MR) is 86.9 cm³/mol. The molecule has 0 unspecified atom stereocenters. The fourth-order valence-electron chi connectivity index (χ4n) is 2.42. The molecule has 0 radical (unpaired) electrons. The molecule has 0 atom stereocenters. The Morgan fingerprint density at radius 1 is 0.650 bits per heavy atom. The molecule has 0 N–H and O–H groups in total. The van der Waals surface area contributed by atoms with Gasteiger partial charge in [-0.1, -0.05) is 36.4 Å². The van der Waals surface area contributed by atoms with Crippen molar-refractivity contribution in [3.05, 3.63) is 59.7 Å². The van der Waals surface area contributed by atoms with Gasteiger partial charge in [0.05, 0.1) is 11.4 Å². The lowest BCUT2D eigenvalue weighted by Gasteiger charge is -2.19. The molecule has 98 valence electrons. The fourth-order valence-corrected chi connectivity index (χ4v) is 3.97. The molecule has 0 aromatic heterocycles. The van der Waals surface area contributed by atoms with E-state index in [-0.39, 0.29) is 0 Å². The van der Waals surface area contributed by atoms with E-state index in [0.29, 0.717) is 0 Å². The Balaban J connectivity index is 1.62. The van der Waals surface area contributed by atoms with Crippen LogP contribution in [0.4, 0.5) is 0 Å². The largest absolute Gasteiger partial charge is 0.214 e. The Labute approximate surface area is 126 Å². The first-order valence-electron chi connectivity index (χ1n) is 6.54. The Bertz CT molecular complexity index is 671. The van der Waals surface area contributed by atoms with Gasteiger partial charge < -0.3 is 0 Å². The molecule has 2 nitrogen and oxygen atoms in total. The van der Waals surface area contributed by atoms with Crippen molar-refractivity contribution in [3.8, 4) is 0 Å². The molecule has 2 aromatic carbocycles. The second kappa shape index (κ2) is 5.11. The minimum absolute atomic E-state index is 0.894. The van der Waals surface area contributed by atoms with Gasteiger partial charge in [-0.3, -0.25) is 0 Å². The van der Waals surface area contributed by atoms with Gasteiger partial charge in [-0.05, 0) is 23.3 Å². The predicted octanol–water partition coefficient (Wildman–Crippen LogP) is 4.40. The van der Waals surface area contributed by atoms with Crippen LogP contribution in [0.3, 0.4) is 0 Å². The van der Waals surface area contributed by atoms with Crippen LogP contribution in [0.5, 0.6) is 0 Å². The van der Waals surface area contributed by atoms with E-state index in [9.17, 15) is 0 Å². The van der Waals surface area contributed by atoms with E-state index in [2.05, 4.69) is 57.3 Å². The number of benzene rings is 2. The topological polar surface area (TPSA) is 24.7 Å². The summed E-state index contributed by atoms with van der Waals surface area (Å²) >= 11 is 3.14. The first kappa shape index (κ1) is 12.2. The molecule has 2 heterocycles. The molecule has 4 rings (SSSR count). The fraction of sp³-hybridized carbons (Fsp3) is 0.125. The molecule has 0 amide bonds. The molecule has 2 aromatic rings. The van der Waals surface area contributed by atoms with Gasteiger partial charge in [0.1, 0.15) is 0 Å². The maximum atomic E-state index is 4.66. The van der Waals surface area contributed by atoms with Crippen LogP contribution < -0.4 is 0 Å². The summed E-state index contributed by atoms with van der Waals surface area (Å²) in [4.78, 5) is 2.53. The first-order chi connectivity index (χ1) is 9.90. The van der Waals surface area contributed by atoms with Gasteiger partial charge in [0.25, 0.3) is 0 Å². The summed E-state index contributed by atoms with van der Waals surface area (Å²) in [6.07, 6.45) is 1.79. The van der Waals surface area contributed by atoms with Gasteiger partial charge in [-0.25, -0.2) is 8.80 Å². The van der Waals surface area contributed by atoms with Crippen LogP contribution >= 0.6 is 23.9 Å². The lowest BCUT2D eigenvalue weighted by atomic mass is 10.00. The van der Waals surface area contributed by atoms with Crippen LogP contribution in [-0.4, -0.2) is 11.4 Å². The summed E-state index contributed by atoms with van der Waals surface area (Å²) in [5.74, 6) is 0. The van der Waals surface area contributed by atoms with Crippen molar-refractivity contribution in [1.82, 2.24) is 0 Å². The summed E-state index contributed by atoms with van der Waals surface area (Å²) in [5, 5.41) is 0. The molecule has 0 saturated heterocycles. The monoisotopic (exact) mass is 296 g/mol. The number of hydrogen-bond donors (Lipinski definition) is 0. The van der Waals surface area contributed by atoms with Crippen molar-refractivity contribution in [2.75, 3.05) is 0 Å². The van der Waals surface area contributed by atoms with Gasteiger partial charge in [-0.15, -0.1) is 0 Å². The van der Waals surface area contributed by atoms with E-state index in [4.69, 9.17) is 0 Å². The molecule has 4 heteroatoms. The maximum Gasteiger partial charge on any atom is 0.0760 e. The molecule has 0 saturated carbocycles. The molecule has 20 heavy (non-hydrogen) atoms. The minimum atomic E-state index is 0.894. The highest BCUT2D eigenvalue weighted by Crippen LogP contribution is 2.33. The molecule has 2 aliphatic rings. The van der Waals surface area contributed by atoms with Crippen molar-refractivity contribution < 1.29 is 0 Å². The molecule has 0 spiro atoms. The third kappa shape index (κ3) is 2.19. The normalized spacial score (nSPS) is 16.8. The average Bonchev–Trinajstić information content (AvgIpc) is 2.54. The third-order valence-corrected chi connectivity index (χ3v) is 5.32. The Kier molecular flexibility index (Phi) is 3.13. The number of nitrogens with zero attached hydrogens (tertiary/aromatic N) is 2. The van der Waals surface area contributed by atoms with Crippen molar-refractivity contribution in [2.45, 2.75) is 22.6 Å². The smallest absolute Gasteiger partial charge is 0.0760 e. The Morgan fingerprint density at radius 2 is 1.10 bits per heavy atom. The van der Waals surface area contributed by atoms with Crippen LogP contribution in [0.1, 0.15) is 11.1 Å². The first-order valence-corrected chi connectivity index (χ1v) is 8.09. The second-order valence-electron chi connectivity index (χ2n) is 4.83. The molecular weight excluding hydrogens is 284 g/mol. The van der Waals surface area contributed by atoms with E-state index in [1.807, 2.05) is 0 Å². The van der Waals surface area contributed by atoms with Crippen molar-refractivity contribution in [2.24, 2.45) is 8.80 Å². The Morgan fingerprint density at radius 3 is 1.60 bits per heavy atom. The lowest BCUT2D eigenvalue weighted by molar-refractivity contribution is 1.18. The van der Waals surface area contributed by atoms with E-state index in [1.54, 1.807) is 23.9 Å². The molecule has 2 aliphatic heterocycles. The SMILES string of the molecule is c1ccc2c(c1)CC(C1=NSc3ccccc3C1)=NS2. The minimum Gasteiger partial charge on any atom is -0.214 e. The van der Waals surface area contributed by atoms with Crippen molar-refractivity contribution in [1.29, 1.82) is 0 Å². The summed E-state index contributed by atoms with van der Waals surface area (Å²) < 4.78 is 9.31. The van der Waals surface area contributed by atoms with Crippen molar-refractivity contribution >= 4 is 35.3 Å². The highest BCUT2D eigenvalue weighted by molar-refractivity contribution is 7.98. The van der Waals surface area contributed by atoms with Crippen LogP contribution in [0, 0.1) is 0 Å². The number of fused-ring (bicyclic) bond motifs is 2. The van der Waals surface area contributed by atoms with Crippen LogP contribution in [0.25, 0.3) is 0 Å². The molecule has 0 bridgehead atoms. The summed E-state index contributed by atoms with van der Waals surface area (Å²) in [5.41, 5.74) is 4.95. The highest BCUT2D eigenvalue weighted by Gasteiger charge is 2.21. The van der Waals surface area contributed by atoms with Gasteiger partial charge in [-0.2, -0.15) is 0 Å². The summed E-state index contributed by atoms with van der Waals surface area (Å²) in [6, 6.07) is 16.9. The summed E-state index contributed by atoms with van der Waals surface area (Å²) in [7, 11) is 0. The zero-order chi connectivity index (χ0) is 13.4. The van der Waals surface area contributed by atoms with E-state index in [1.165, 1.54) is 20.9 Å². The number of hydrogen-bond acceptors (Lipinski definition) is 4. The van der Waals surface area contributed by atoms with Gasteiger partial charge in [0, 0.05) is 46.5 Å². The van der Waals surface area contributed by atoms with Gasteiger partial charge in [0.2, 0.25) is 0 Å². The standard InChI is InChI=1S/C16H12N2S2/c1-3-7-15-11(5-1)9-13(17-19-15)14-10-12-6-2-4-8-16(12)20-18-14/h1-8H,9-10H2. The molecule has 0 aliphatic carbocycles. The zero-order valence-electron chi connectivity index (χ0n) is 10.7. The Hall–Kier alpha value is -1.52. The third-order valence-electron chi connectivity index (χ3n) is 3.50. The average molecular weight is 296 g/mol. The van der Waals surface area contributed by atoms with E-state index in [0.717, 1.165) is 24.3 Å². The zero-order valence-corrected chi connectivity index (χ0v) is 12.4. The quantitative estimate of drug-likeness (QED) is 0.729. The second-order valence-corrected chi connectivity index (χ2v) is 6.44. The number of rotatable bonds is 1. The van der Waals surface area contributed by atoms with E-state index < -0.39 is 0 Å². The molecule has 0 fully saturated rings. The van der Waals surface area contributed by atoms with E-state index >= 15 is 0 Å². The van der Waals surface area contributed by atoms with Crippen LogP contribution in [-0.2, 0) is 12.8 Å².